The van der Waals surface area contributed by atoms with Crippen molar-refractivity contribution in [3.05, 3.63) is 41.9 Å². The van der Waals surface area contributed by atoms with Crippen molar-refractivity contribution in [3.8, 4) is 0 Å². The predicted octanol–water partition coefficient (Wildman–Crippen LogP) is -5.95. The van der Waals surface area contributed by atoms with E-state index in [0.717, 1.165) is 0 Å². The largest absolute Gasteiger partial charge is 0.376 e. The van der Waals surface area contributed by atoms with Crippen LogP contribution in [0.5, 0.6) is 0 Å². The number of hydrogen-bond donors (Lipinski definition) is 4. The van der Waals surface area contributed by atoms with Crippen LogP contribution in [0.3, 0.4) is 0 Å². The van der Waals surface area contributed by atoms with Gasteiger partial charge in [-0.15, -0.1) is 9.58 Å². The first-order chi connectivity index (χ1) is 10.4. The van der Waals surface area contributed by atoms with E-state index in [1.54, 1.807) is 0 Å². The summed E-state index contributed by atoms with van der Waals surface area (Å²) in [4.78, 5) is 48.1. The third-order valence-corrected chi connectivity index (χ3v) is 2.89. The van der Waals surface area contributed by atoms with Gasteiger partial charge < -0.3 is 20.4 Å². The maximum absolute atomic E-state index is 12.0. The maximum Gasteiger partial charge on any atom is 0.370 e. The van der Waals surface area contributed by atoms with Crippen LogP contribution >= 0.6 is 0 Å². The summed E-state index contributed by atoms with van der Waals surface area (Å²) in [5.41, 5.74) is -4.81. The molecule has 4 N–H and O–H groups in total. The first-order valence-electron chi connectivity index (χ1n) is 5.74. The average Bonchev–Trinajstić information content (AvgIpc) is 2.88. The van der Waals surface area contributed by atoms with E-state index in [1.165, 1.54) is 0 Å². The van der Waals surface area contributed by atoms with Gasteiger partial charge in [0.15, 0.2) is 0 Å². The molecule has 0 saturated heterocycles. The van der Waals surface area contributed by atoms with E-state index in [0.29, 0.717) is 9.36 Å². The fourth-order valence-corrected chi connectivity index (χ4v) is 1.88. The Morgan fingerprint density at radius 1 is 0.545 bits per heavy atom. The first-order valence-corrected chi connectivity index (χ1v) is 5.74. The highest BCUT2D eigenvalue weighted by atomic mass is 16.3. The van der Waals surface area contributed by atoms with Crippen molar-refractivity contribution in [1.29, 1.82) is 0 Å². The summed E-state index contributed by atoms with van der Waals surface area (Å²) >= 11 is 0. The minimum Gasteiger partial charge on any atom is -0.376 e. The molecule has 14 heteroatoms. The van der Waals surface area contributed by atoms with Crippen LogP contribution in [0.15, 0.2) is 19.2 Å². The van der Waals surface area contributed by atoms with E-state index in [9.17, 15) is 19.2 Å². The van der Waals surface area contributed by atoms with Gasteiger partial charge in [0, 0.05) is 0 Å². The lowest BCUT2D eigenvalue weighted by atomic mass is 11.0. The number of hydrogen-bond acceptors (Lipinski definition) is 8. The number of aliphatic hydroxyl groups is 4. The summed E-state index contributed by atoms with van der Waals surface area (Å²) in [7, 11) is 0. The highest BCUT2D eigenvalue weighted by Gasteiger charge is 2.23. The highest BCUT2D eigenvalue weighted by Crippen LogP contribution is 1.84. The van der Waals surface area contributed by atoms with Gasteiger partial charge in [0.05, 0.1) is 0 Å². The molecule has 2 aromatic heterocycles. The minimum atomic E-state index is -1.25. The molecular weight excluding hydrogens is 308 g/mol. The van der Waals surface area contributed by atoms with Crippen molar-refractivity contribution in [2.24, 2.45) is 0 Å². The molecule has 2 aromatic rings. The lowest BCUT2D eigenvalue weighted by Gasteiger charge is -2.09. The number of aliphatic hydroxyl groups excluding tert-OH is 4. The molecule has 22 heavy (non-hydrogen) atoms. The molecule has 0 aliphatic heterocycles. The Labute approximate surface area is 118 Å². The molecule has 0 amide bonds. The summed E-state index contributed by atoms with van der Waals surface area (Å²) < 4.78 is 1.22. The van der Waals surface area contributed by atoms with Gasteiger partial charge in [0.2, 0.25) is 0 Å². The molecule has 14 nitrogen and oxygen atoms in total. The van der Waals surface area contributed by atoms with Gasteiger partial charge in [-0.1, -0.05) is 0 Å². The molecule has 0 spiro atoms. The molecule has 0 aromatic carbocycles. The van der Waals surface area contributed by atoms with Crippen molar-refractivity contribution in [2.75, 3.05) is 0 Å². The molecule has 0 unspecified atom stereocenters. The molecule has 0 bridgehead atoms. The second kappa shape index (κ2) is 5.60. The summed E-state index contributed by atoms with van der Waals surface area (Å²) in [5, 5.41) is 36.3. The molecule has 0 saturated carbocycles. The monoisotopic (exact) mass is 320 g/mol. The molecule has 122 valence electrons. The zero-order valence-electron chi connectivity index (χ0n) is 10.9. The van der Waals surface area contributed by atoms with Crippen molar-refractivity contribution >= 4 is 0 Å². The zero-order chi connectivity index (χ0) is 16.6. The van der Waals surface area contributed by atoms with E-state index in [-0.39, 0.29) is 18.7 Å². The quantitative estimate of drug-likeness (QED) is 0.420. The van der Waals surface area contributed by atoms with E-state index in [4.69, 9.17) is 20.4 Å². The SMILES string of the molecule is O=c1n(CO)c(=O)n(-n2c(=O)n(CO)c(=O)n2CO)n1CO. The molecule has 0 fully saturated rings. The Morgan fingerprint density at radius 3 is 1.09 bits per heavy atom. The molecular formula is C8H12N6O8. The number of rotatable bonds is 5. The van der Waals surface area contributed by atoms with Crippen LogP contribution in [-0.4, -0.2) is 48.5 Å². The Bertz CT molecular complexity index is 842. The normalized spacial score (nSPS) is 11.3. The first kappa shape index (κ1) is 15.7. The molecule has 0 aliphatic rings. The maximum atomic E-state index is 12.0. The smallest absolute Gasteiger partial charge is 0.370 e. The Balaban J connectivity index is 3.02. The summed E-state index contributed by atoms with van der Waals surface area (Å²) in [6, 6.07) is 0. The van der Waals surface area contributed by atoms with E-state index >= 15 is 0 Å². The van der Waals surface area contributed by atoms with Crippen LogP contribution in [-0.2, 0) is 26.9 Å². The van der Waals surface area contributed by atoms with Crippen LogP contribution in [0.1, 0.15) is 0 Å². The fraction of sp³-hybridized carbons (Fsp3) is 0.500. The highest BCUT2D eigenvalue weighted by molar-refractivity contribution is 4.78. The van der Waals surface area contributed by atoms with E-state index in [1.807, 2.05) is 0 Å². The topological polar surface area (TPSA) is 179 Å². The molecule has 0 atom stereocenters. The van der Waals surface area contributed by atoms with Crippen molar-refractivity contribution < 1.29 is 20.4 Å². The summed E-state index contributed by atoms with van der Waals surface area (Å²) in [5.74, 6) is 0. The second-order valence-electron chi connectivity index (χ2n) is 3.93. The predicted molar refractivity (Wildman–Crippen MR) is 65.6 cm³/mol. The van der Waals surface area contributed by atoms with Crippen molar-refractivity contribution in [3.63, 3.8) is 0 Å². The Morgan fingerprint density at radius 2 is 0.864 bits per heavy atom. The van der Waals surface area contributed by atoms with E-state index < -0.39 is 49.7 Å². The molecule has 0 radical (unpaired) electrons. The van der Waals surface area contributed by atoms with Crippen LogP contribution < -0.4 is 22.8 Å². The van der Waals surface area contributed by atoms with Crippen LogP contribution in [0.4, 0.5) is 0 Å². The summed E-state index contributed by atoms with van der Waals surface area (Å²) in [6.07, 6.45) is 0. The zero-order valence-corrected chi connectivity index (χ0v) is 10.9. The van der Waals surface area contributed by atoms with Crippen LogP contribution in [0.25, 0.3) is 0 Å². The van der Waals surface area contributed by atoms with Gasteiger partial charge in [-0.25, -0.2) is 28.3 Å². The Kier molecular flexibility index (Phi) is 4.00. The molecule has 0 aliphatic carbocycles. The van der Waals surface area contributed by atoms with Gasteiger partial charge in [0.1, 0.15) is 26.9 Å². The van der Waals surface area contributed by atoms with Crippen molar-refractivity contribution in [2.45, 2.75) is 26.9 Å². The van der Waals surface area contributed by atoms with Crippen LogP contribution in [0.2, 0.25) is 0 Å². The second-order valence-corrected chi connectivity index (χ2v) is 3.93. The van der Waals surface area contributed by atoms with Crippen molar-refractivity contribution in [1.82, 2.24) is 28.1 Å². The third kappa shape index (κ3) is 1.90. The van der Waals surface area contributed by atoms with E-state index in [2.05, 4.69) is 0 Å². The van der Waals surface area contributed by atoms with Crippen LogP contribution in [0, 0.1) is 0 Å². The van der Waals surface area contributed by atoms with Gasteiger partial charge in [-0.2, -0.15) is 9.36 Å². The standard InChI is InChI=1S/C8H12N6O8/c15-1-9-5(19)11(3-17)13(7(9)21)14-8(22)10(2-16)6(20)12(14)4-18/h15-18H,1-4H2. The van der Waals surface area contributed by atoms with Gasteiger partial charge in [-0.05, 0) is 0 Å². The average molecular weight is 320 g/mol. The summed E-state index contributed by atoms with van der Waals surface area (Å²) in [6.45, 7) is -4.19. The lowest BCUT2D eigenvalue weighted by molar-refractivity contribution is 0.122. The number of aromatic nitrogens is 6. The lowest BCUT2D eigenvalue weighted by Crippen LogP contribution is -2.43. The third-order valence-electron chi connectivity index (χ3n) is 2.89. The molecule has 2 rings (SSSR count). The Hall–Kier alpha value is -2.68. The fourth-order valence-electron chi connectivity index (χ4n) is 1.88. The van der Waals surface area contributed by atoms with Gasteiger partial charge >= 0.3 is 22.8 Å². The minimum absolute atomic E-state index is 0.255. The number of nitrogens with zero attached hydrogens (tertiary/aromatic N) is 6. The molecule has 2 heterocycles. The van der Waals surface area contributed by atoms with Gasteiger partial charge in [-0.3, -0.25) is 0 Å². The van der Waals surface area contributed by atoms with Gasteiger partial charge in [0.25, 0.3) is 0 Å².